The van der Waals surface area contributed by atoms with Crippen molar-refractivity contribution >= 4 is 16.9 Å². The number of hydrogen-bond acceptors (Lipinski definition) is 5. The fourth-order valence-electron chi connectivity index (χ4n) is 2.38. The lowest BCUT2D eigenvalue weighted by Crippen LogP contribution is -2.21. The van der Waals surface area contributed by atoms with E-state index in [1.165, 1.54) is 5.56 Å². The van der Waals surface area contributed by atoms with Crippen molar-refractivity contribution in [2.45, 2.75) is 6.42 Å². The predicted octanol–water partition coefficient (Wildman–Crippen LogP) is 2.71. The van der Waals surface area contributed by atoms with Crippen LogP contribution >= 0.6 is 0 Å². The zero-order valence-electron chi connectivity index (χ0n) is 12.7. The number of fused-ring (bicyclic) bond motifs is 1. The number of nitrogens with zero attached hydrogens (tertiary/aromatic N) is 4. The molecule has 3 aromatic rings. The summed E-state index contributed by atoms with van der Waals surface area (Å²) in [6.07, 6.45) is 4.25. The Labute approximate surface area is 129 Å². The number of likely N-dealkylation sites (N-methyl/N-ethyl adjacent to an activating group) is 1. The highest BCUT2D eigenvalue weighted by Gasteiger charge is 2.08. The third-order valence-corrected chi connectivity index (χ3v) is 3.64. The van der Waals surface area contributed by atoms with Crippen molar-refractivity contribution in [3.05, 3.63) is 54.5 Å². The van der Waals surface area contributed by atoms with Crippen LogP contribution in [-0.2, 0) is 6.42 Å². The van der Waals surface area contributed by atoms with E-state index < -0.39 is 0 Å². The molecule has 0 saturated carbocycles. The molecular weight excluding hydrogens is 276 g/mol. The molecule has 112 valence electrons. The van der Waals surface area contributed by atoms with Gasteiger partial charge in [-0.2, -0.15) is 0 Å². The number of aromatic nitrogens is 3. The van der Waals surface area contributed by atoms with Gasteiger partial charge in [-0.3, -0.25) is 0 Å². The lowest BCUT2D eigenvalue weighted by molar-refractivity contribution is 0.414. The average Bonchev–Trinajstić information content (AvgIpc) is 2.59. The largest absolute Gasteiger partial charge is 0.497 e. The highest BCUT2D eigenvalue weighted by molar-refractivity contribution is 5.86. The summed E-state index contributed by atoms with van der Waals surface area (Å²) in [7, 11) is 3.72. The van der Waals surface area contributed by atoms with Crippen molar-refractivity contribution in [1.82, 2.24) is 15.0 Å². The van der Waals surface area contributed by atoms with E-state index >= 15 is 0 Å². The number of benzene rings is 1. The minimum atomic E-state index is 0.726. The van der Waals surface area contributed by atoms with Gasteiger partial charge in [-0.05, 0) is 36.2 Å². The van der Waals surface area contributed by atoms with Crippen LogP contribution in [0.25, 0.3) is 11.0 Å². The third-order valence-electron chi connectivity index (χ3n) is 3.64. The molecule has 0 bridgehead atoms. The van der Waals surface area contributed by atoms with Crippen molar-refractivity contribution in [2.75, 3.05) is 25.6 Å². The maximum atomic E-state index is 5.18. The van der Waals surface area contributed by atoms with E-state index in [2.05, 4.69) is 32.0 Å². The Morgan fingerprint density at radius 2 is 1.86 bits per heavy atom. The fraction of sp³-hybridized carbons (Fsp3) is 0.235. The number of pyridine rings is 1. The monoisotopic (exact) mass is 294 g/mol. The zero-order valence-corrected chi connectivity index (χ0v) is 12.7. The van der Waals surface area contributed by atoms with Crippen LogP contribution in [0.5, 0.6) is 5.75 Å². The summed E-state index contributed by atoms with van der Waals surface area (Å²) < 4.78 is 5.18. The molecule has 5 heteroatoms. The Kier molecular flexibility index (Phi) is 4.14. The first-order valence-electron chi connectivity index (χ1n) is 7.18. The normalized spacial score (nSPS) is 10.6. The summed E-state index contributed by atoms with van der Waals surface area (Å²) in [4.78, 5) is 15.0. The lowest BCUT2D eigenvalue weighted by atomic mass is 10.1. The Morgan fingerprint density at radius 1 is 1.05 bits per heavy atom. The predicted molar refractivity (Wildman–Crippen MR) is 87.3 cm³/mol. The van der Waals surface area contributed by atoms with Gasteiger partial charge in [0.2, 0.25) is 0 Å². The molecule has 5 nitrogen and oxygen atoms in total. The second-order valence-electron chi connectivity index (χ2n) is 5.09. The standard InChI is InChI=1S/C17H18N4O/c1-21(11-9-13-5-7-14(22-2)8-6-13)17-15-4-3-10-18-16(15)19-12-20-17/h3-8,10,12H,9,11H2,1-2H3. The Balaban J connectivity index is 1.74. The van der Waals surface area contributed by atoms with Gasteiger partial charge in [-0.25, -0.2) is 15.0 Å². The number of anilines is 1. The summed E-state index contributed by atoms with van der Waals surface area (Å²) in [6, 6.07) is 12.1. The smallest absolute Gasteiger partial charge is 0.164 e. The van der Waals surface area contributed by atoms with Crippen LogP contribution in [0.1, 0.15) is 5.56 Å². The van der Waals surface area contributed by atoms with Crippen LogP contribution in [0.15, 0.2) is 48.9 Å². The summed E-state index contributed by atoms with van der Waals surface area (Å²) in [5.74, 6) is 1.79. The van der Waals surface area contributed by atoms with E-state index in [1.54, 1.807) is 19.6 Å². The lowest BCUT2D eigenvalue weighted by Gasteiger charge is -2.19. The van der Waals surface area contributed by atoms with Crippen LogP contribution in [0.4, 0.5) is 5.82 Å². The van der Waals surface area contributed by atoms with Crippen LogP contribution in [0.2, 0.25) is 0 Å². The molecule has 0 N–H and O–H groups in total. The van der Waals surface area contributed by atoms with E-state index in [-0.39, 0.29) is 0 Å². The molecule has 2 aromatic heterocycles. The van der Waals surface area contributed by atoms with E-state index in [0.717, 1.165) is 35.6 Å². The van der Waals surface area contributed by atoms with Gasteiger partial charge in [0, 0.05) is 19.8 Å². The van der Waals surface area contributed by atoms with E-state index in [0.29, 0.717) is 0 Å². The minimum absolute atomic E-state index is 0.726. The van der Waals surface area contributed by atoms with Crippen LogP contribution in [0, 0.1) is 0 Å². The summed E-state index contributed by atoms with van der Waals surface area (Å²) in [6.45, 7) is 0.868. The second kappa shape index (κ2) is 6.39. The number of methoxy groups -OCH3 is 1. The first kappa shape index (κ1) is 14.3. The number of rotatable bonds is 5. The van der Waals surface area contributed by atoms with Crippen LogP contribution in [-0.4, -0.2) is 35.7 Å². The van der Waals surface area contributed by atoms with Crippen molar-refractivity contribution in [3.63, 3.8) is 0 Å². The number of ether oxygens (including phenoxy) is 1. The first-order chi connectivity index (χ1) is 10.8. The quantitative estimate of drug-likeness (QED) is 0.724. The van der Waals surface area contributed by atoms with Gasteiger partial charge in [0.1, 0.15) is 17.9 Å². The molecule has 0 fully saturated rings. The maximum Gasteiger partial charge on any atom is 0.164 e. The molecule has 0 saturated heterocycles. The fourth-order valence-corrected chi connectivity index (χ4v) is 2.38. The van der Waals surface area contributed by atoms with Gasteiger partial charge in [-0.1, -0.05) is 12.1 Å². The number of hydrogen-bond donors (Lipinski definition) is 0. The molecule has 0 amide bonds. The van der Waals surface area contributed by atoms with Gasteiger partial charge in [0.25, 0.3) is 0 Å². The molecule has 2 heterocycles. The van der Waals surface area contributed by atoms with Crippen molar-refractivity contribution in [3.8, 4) is 5.75 Å². The molecule has 0 radical (unpaired) electrons. The van der Waals surface area contributed by atoms with Gasteiger partial charge in [-0.15, -0.1) is 0 Å². The summed E-state index contributed by atoms with van der Waals surface area (Å²) in [5, 5.41) is 0.974. The van der Waals surface area contributed by atoms with Crippen LogP contribution in [0.3, 0.4) is 0 Å². The minimum Gasteiger partial charge on any atom is -0.497 e. The molecule has 0 unspecified atom stereocenters. The molecule has 22 heavy (non-hydrogen) atoms. The molecule has 0 spiro atoms. The molecular formula is C17H18N4O. The van der Waals surface area contributed by atoms with Gasteiger partial charge < -0.3 is 9.64 Å². The summed E-state index contributed by atoms with van der Waals surface area (Å²) in [5.41, 5.74) is 1.99. The third kappa shape index (κ3) is 2.98. The van der Waals surface area contributed by atoms with Gasteiger partial charge >= 0.3 is 0 Å². The summed E-state index contributed by atoms with van der Waals surface area (Å²) >= 11 is 0. The molecule has 0 aliphatic carbocycles. The molecule has 3 rings (SSSR count). The van der Waals surface area contributed by atoms with Crippen molar-refractivity contribution < 1.29 is 4.74 Å². The SMILES string of the molecule is COc1ccc(CCN(C)c2ncnc3ncccc23)cc1. The van der Waals surface area contributed by atoms with Crippen LogP contribution < -0.4 is 9.64 Å². The average molecular weight is 294 g/mol. The van der Waals surface area contributed by atoms with E-state index in [1.807, 2.05) is 31.3 Å². The van der Waals surface area contributed by atoms with Crippen molar-refractivity contribution in [2.24, 2.45) is 0 Å². The van der Waals surface area contributed by atoms with E-state index in [9.17, 15) is 0 Å². The van der Waals surface area contributed by atoms with E-state index in [4.69, 9.17) is 4.74 Å². The molecule has 0 aliphatic rings. The Bertz CT molecular complexity index is 753. The highest BCUT2D eigenvalue weighted by atomic mass is 16.5. The Morgan fingerprint density at radius 3 is 2.64 bits per heavy atom. The maximum absolute atomic E-state index is 5.18. The molecule has 0 atom stereocenters. The first-order valence-corrected chi connectivity index (χ1v) is 7.18. The van der Waals surface area contributed by atoms with Crippen molar-refractivity contribution in [1.29, 1.82) is 0 Å². The van der Waals surface area contributed by atoms with Gasteiger partial charge in [0.15, 0.2) is 5.65 Å². The Hall–Kier alpha value is -2.69. The molecule has 0 aliphatic heterocycles. The second-order valence-corrected chi connectivity index (χ2v) is 5.09. The molecule has 1 aromatic carbocycles. The van der Waals surface area contributed by atoms with Gasteiger partial charge in [0.05, 0.1) is 12.5 Å². The topological polar surface area (TPSA) is 51.1 Å². The highest BCUT2D eigenvalue weighted by Crippen LogP contribution is 2.20. The zero-order chi connectivity index (χ0) is 15.4.